The van der Waals surface area contributed by atoms with Crippen LogP contribution in [-0.4, -0.2) is 46.7 Å². The van der Waals surface area contributed by atoms with Gasteiger partial charge in [-0.05, 0) is 24.3 Å². The van der Waals surface area contributed by atoms with Crippen LogP contribution in [-0.2, 0) is 25.4 Å². The van der Waals surface area contributed by atoms with Crippen LogP contribution in [0.25, 0.3) is 28.1 Å². The third-order valence-corrected chi connectivity index (χ3v) is 5.81. The topological polar surface area (TPSA) is 131 Å². The number of nitrogens with one attached hydrogen (secondary N) is 1. The number of nitrogens with zero attached hydrogens (tertiary/aromatic N) is 7. The number of aromatic nitrogens is 7. The van der Waals surface area contributed by atoms with Crippen molar-refractivity contribution in [2.24, 2.45) is 14.1 Å². The molecule has 0 unspecified atom stereocenters. The summed E-state index contributed by atoms with van der Waals surface area (Å²) in [5.74, 6) is 0.375. The number of rotatable bonds is 6. The average Bonchev–Trinajstić information content (AvgIpc) is 3.55. The van der Waals surface area contributed by atoms with Crippen molar-refractivity contribution in [1.82, 2.24) is 33.7 Å². The molecule has 0 fully saturated rings. The van der Waals surface area contributed by atoms with Gasteiger partial charge in [0.25, 0.3) is 5.56 Å². The first kappa shape index (κ1) is 22.8. The van der Waals surface area contributed by atoms with Crippen molar-refractivity contribution in [2.75, 3.05) is 12.4 Å². The van der Waals surface area contributed by atoms with Gasteiger partial charge in [-0.1, -0.05) is 23.4 Å². The van der Waals surface area contributed by atoms with E-state index in [0.717, 1.165) is 21.6 Å². The summed E-state index contributed by atoms with van der Waals surface area (Å²) in [6, 6.07) is 14.7. The number of anilines is 1. The van der Waals surface area contributed by atoms with Crippen LogP contribution in [0.5, 0.6) is 5.75 Å². The molecule has 0 saturated heterocycles. The van der Waals surface area contributed by atoms with Crippen molar-refractivity contribution < 1.29 is 9.53 Å². The van der Waals surface area contributed by atoms with Crippen LogP contribution in [0, 0.1) is 0 Å². The van der Waals surface area contributed by atoms with Gasteiger partial charge < -0.3 is 14.6 Å². The predicted octanol–water partition coefficient (Wildman–Crippen LogP) is 1.33. The first-order valence-electron chi connectivity index (χ1n) is 10.9. The smallest absolute Gasteiger partial charge is 0.332 e. The number of carbonyl (C=O) groups is 1. The molecule has 36 heavy (non-hydrogen) atoms. The summed E-state index contributed by atoms with van der Waals surface area (Å²) in [5.41, 5.74) is 2.31. The lowest BCUT2D eigenvalue weighted by atomic mass is 10.1. The fourth-order valence-electron chi connectivity index (χ4n) is 3.87. The van der Waals surface area contributed by atoms with Gasteiger partial charge in [-0.2, -0.15) is 0 Å². The Morgan fingerprint density at radius 2 is 1.83 bits per heavy atom. The zero-order valence-corrected chi connectivity index (χ0v) is 19.7. The van der Waals surface area contributed by atoms with Gasteiger partial charge in [-0.15, -0.1) is 5.10 Å². The second kappa shape index (κ2) is 8.98. The highest BCUT2D eigenvalue weighted by atomic mass is 16.5. The van der Waals surface area contributed by atoms with Gasteiger partial charge in [0.05, 0.1) is 25.3 Å². The fraction of sp³-hybridized carbons (Fsp3) is 0.167. The lowest BCUT2D eigenvalue weighted by molar-refractivity contribution is -0.116. The minimum atomic E-state index is -0.509. The summed E-state index contributed by atoms with van der Waals surface area (Å²) in [7, 11) is 4.52. The van der Waals surface area contributed by atoms with E-state index in [1.165, 1.54) is 29.6 Å². The molecule has 5 aromatic rings. The number of fused-ring (bicyclic) bond motifs is 1. The second-order valence-electron chi connectivity index (χ2n) is 8.13. The molecular weight excluding hydrogens is 464 g/mol. The van der Waals surface area contributed by atoms with Crippen LogP contribution in [0.1, 0.15) is 0 Å². The molecule has 1 amide bonds. The Labute approximate surface area is 204 Å². The largest absolute Gasteiger partial charge is 0.497 e. The molecule has 12 nitrogen and oxygen atoms in total. The number of imidazole rings is 1. The third-order valence-electron chi connectivity index (χ3n) is 5.81. The van der Waals surface area contributed by atoms with E-state index in [2.05, 4.69) is 20.6 Å². The van der Waals surface area contributed by atoms with E-state index < -0.39 is 11.2 Å². The molecule has 0 aliphatic rings. The van der Waals surface area contributed by atoms with Crippen molar-refractivity contribution in [1.29, 1.82) is 0 Å². The minimum absolute atomic E-state index is 0.138. The maximum Gasteiger partial charge on any atom is 0.332 e. The maximum absolute atomic E-state index is 12.7. The molecule has 5 rings (SSSR count). The Balaban J connectivity index is 1.31. The van der Waals surface area contributed by atoms with Crippen LogP contribution in [0.2, 0.25) is 0 Å². The van der Waals surface area contributed by atoms with Crippen LogP contribution in [0.4, 0.5) is 5.69 Å². The first-order valence-corrected chi connectivity index (χ1v) is 10.9. The number of methoxy groups -OCH3 is 1. The van der Waals surface area contributed by atoms with Crippen LogP contribution < -0.4 is 21.3 Å². The fourth-order valence-corrected chi connectivity index (χ4v) is 3.87. The standard InChI is InChI=1S/C24H22N8O4/c1-29-22-21(23(34)30(2)24(29)35)31(14-25-22)13-20(33)26-16-9-7-15(8-10-16)19-12-32(28-27-19)17-5-4-6-18(11-17)36-3/h4-12,14H,13H2,1-3H3,(H,26,33). The molecular formula is C24H22N8O4. The molecule has 0 bridgehead atoms. The van der Waals surface area contributed by atoms with E-state index in [4.69, 9.17) is 4.74 Å². The highest BCUT2D eigenvalue weighted by molar-refractivity contribution is 5.91. The monoisotopic (exact) mass is 486 g/mol. The normalized spacial score (nSPS) is 11.1. The molecule has 12 heteroatoms. The Bertz CT molecular complexity index is 1710. The Kier molecular flexibility index (Phi) is 5.68. The van der Waals surface area contributed by atoms with Crippen molar-refractivity contribution >= 4 is 22.8 Å². The summed E-state index contributed by atoms with van der Waals surface area (Å²) in [5, 5.41) is 11.2. The van der Waals surface area contributed by atoms with E-state index >= 15 is 0 Å². The SMILES string of the molecule is COc1cccc(-n2cc(-c3ccc(NC(=O)Cn4cnc5c4c(=O)n(C)c(=O)n5C)cc3)nn2)c1. The van der Waals surface area contributed by atoms with Gasteiger partial charge in [-0.3, -0.25) is 18.7 Å². The van der Waals surface area contributed by atoms with Gasteiger partial charge in [0, 0.05) is 31.4 Å². The summed E-state index contributed by atoms with van der Waals surface area (Å²) >= 11 is 0. The summed E-state index contributed by atoms with van der Waals surface area (Å²) in [4.78, 5) is 41.4. The number of hydrogen-bond donors (Lipinski definition) is 1. The van der Waals surface area contributed by atoms with E-state index in [1.54, 1.807) is 30.1 Å². The van der Waals surface area contributed by atoms with E-state index in [9.17, 15) is 14.4 Å². The molecule has 3 heterocycles. The maximum atomic E-state index is 12.7. The van der Waals surface area contributed by atoms with Crippen LogP contribution >= 0.6 is 0 Å². The molecule has 0 radical (unpaired) electrons. The molecule has 0 atom stereocenters. The van der Waals surface area contributed by atoms with E-state index in [0.29, 0.717) is 11.4 Å². The molecule has 1 N–H and O–H groups in total. The third kappa shape index (κ3) is 4.04. The first-order chi connectivity index (χ1) is 17.4. The van der Waals surface area contributed by atoms with Crippen LogP contribution in [0.15, 0.2) is 70.6 Å². The van der Waals surface area contributed by atoms with Gasteiger partial charge in [0.15, 0.2) is 11.2 Å². The highest BCUT2D eigenvalue weighted by Crippen LogP contribution is 2.22. The predicted molar refractivity (Wildman–Crippen MR) is 132 cm³/mol. The summed E-state index contributed by atoms with van der Waals surface area (Å²) in [6.07, 6.45) is 3.18. The molecule has 2 aromatic carbocycles. The molecule has 0 saturated carbocycles. The van der Waals surface area contributed by atoms with Gasteiger partial charge in [-0.25, -0.2) is 14.5 Å². The van der Waals surface area contributed by atoms with E-state index in [-0.39, 0.29) is 23.6 Å². The number of hydrogen-bond acceptors (Lipinski definition) is 7. The van der Waals surface area contributed by atoms with Crippen molar-refractivity contribution in [2.45, 2.75) is 6.54 Å². The number of carbonyl (C=O) groups excluding carboxylic acids is 1. The van der Waals surface area contributed by atoms with Gasteiger partial charge in [0.1, 0.15) is 18.0 Å². The zero-order chi connectivity index (χ0) is 25.4. The average molecular weight is 486 g/mol. The van der Waals surface area contributed by atoms with Crippen molar-refractivity contribution in [3.63, 3.8) is 0 Å². The summed E-state index contributed by atoms with van der Waals surface area (Å²) in [6.45, 7) is -0.138. The number of amides is 1. The number of aryl methyl sites for hydroxylation is 1. The van der Waals surface area contributed by atoms with E-state index in [1.807, 2.05) is 36.4 Å². The number of ether oxygens (including phenoxy) is 1. The Hall–Kier alpha value is -5.00. The minimum Gasteiger partial charge on any atom is -0.497 e. The molecule has 0 aliphatic carbocycles. The zero-order valence-electron chi connectivity index (χ0n) is 19.7. The molecule has 0 aliphatic heterocycles. The Morgan fingerprint density at radius 3 is 2.58 bits per heavy atom. The Morgan fingerprint density at radius 1 is 1.06 bits per heavy atom. The van der Waals surface area contributed by atoms with Gasteiger partial charge in [0.2, 0.25) is 5.91 Å². The van der Waals surface area contributed by atoms with Crippen LogP contribution in [0.3, 0.4) is 0 Å². The highest BCUT2D eigenvalue weighted by Gasteiger charge is 2.16. The molecule has 182 valence electrons. The van der Waals surface area contributed by atoms with Gasteiger partial charge >= 0.3 is 5.69 Å². The summed E-state index contributed by atoms with van der Waals surface area (Å²) < 4.78 is 10.6. The number of benzene rings is 2. The lowest BCUT2D eigenvalue weighted by Crippen LogP contribution is -2.37. The molecule has 0 spiro atoms. The molecule has 3 aromatic heterocycles. The quantitative estimate of drug-likeness (QED) is 0.383. The van der Waals surface area contributed by atoms with Crippen molar-refractivity contribution in [3.05, 3.63) is 81.9 Å². The van der Waals surface area contributed by atoms with Crippen molar-refractivity contribution in [3.8, 4) is 22.7 Å². The lowest BCUT2D eigenvalue weighted by Gasteiger charge is -2.08. The second-order valence-corrected chi connectivity index (χ2v) is 8.13.